The monoisotopic (exact) mass is 425 g/mol. The number of nitrogens with zero attached hydrogens (tertiary/aromatic N) is 1. The molecule has 0 bridgehead atoms. The molecule has 0 amide bonds. The Morgan fingerprint density at radius 3 is 2.68 bits per heavy atom. The van der Waals surface area contributed by atoms with Gasteiger partial charge in [-0.25, -0.2) is 0 Å². The molecule has 0 fully saturated rings. The van der Waals surface area contributed by atoms with Crippen molar-refractivity contribution >= 4 is 27.6 Å². The van der Waals surface area contributed by atoms with Gasteiger partial charge in [0, 0.05) is 12.1 Å². The van der Waals surface area contributed by atoms with Gasteiger partial charge in [-0.2, -0.15) is 4.57 Å². The maximum Gasteiger partial charge on any atom is 0.263 e. The van der Waals surface area contributed by atoms with Crippen LogP contribution in [0.25, 0.3) is 16.3 Å². The molecule has 0 saturated heterocycles. The summed E-state index contributed by atoms with van der Waals surface area (Å²) in [7, 11) is 0. The van der Waals surface area contributed by atoms with E-state index in [2.05, 4.69) is 68.7 Å². The number of fused-ring (bicyclic) bond motifs is 1. The second-order valence-electron chi connectivity index (χ2n) is 6.23. The van der Waals surface area contributed by atoms with Crippen LogP contribution >= 0.6 is 11.3 Å². The van der Waals surface area contributed by atoms with Crippen molar-refractivity contribution in [3.8, 4) is 0 Å². The van der Waals surface area contributed by atoms with Gasteiger partial charge in [0.05, 0.1) is 0 Å². The Labute approximate surface area is 154 Å². The molecule has 3 rings (SSSR count). The number of para-hydroxylation sites is 1. The van der Waals surface area contributed by atoms with E-state index >= 15 is 0 Å². The van der Waals surface area contributed by atoms with Gasteiger partial charge in [0.15, 0.2) is 0 Å². The Balaban J connectivity index is 0.00000176. The van der Waals surface area contributed by atoms with Crippen LogP contribution in [0, 0.1) is 11.8 Å². The third-order valence-corrected chi connectivity index (χ3v) is 5.92. The summed E-state index contributed by atoms with van der Waals surface area (Å²) in [5.74, 6) is 1.45. The van der Waals surface area contributed by atoms with Gasteiger partial charge in [0.2, 0.25) is 5.52 Å². The molecule has 1 aromatic heterocycles. The number of aryl methyl sites for hydroxylation is 1. The van der Waals surface area contributed by atoms with Gasteiger partial charge < -0.3 is 24.0 Å². The summed E-state index contributed by atoms with van der Waals surface area (Å²) in [5.41, 5.74) is 4.35. The van der Waals surface area contributed by atoms with Crippen LogP contribution in [0.1, 0.15) is 39.1 Å². The first kappa shape index (κ1) is 17.7. The van der Waals surface area contributed by atoms with Crippen LogP contribution < -0.4 is 28.5 Å². The zero-order valence-electron chi connectivity index (χ0n) is 13.8. The van der Waals surface area contributed by atoms with Gasteiger partial charge in [0.1, 0.15) is 11.2 Å². The Hall–Kier alpha value is -0.680. The normalized spacial score (nSPS) is 23.5. The first-order valence-corrected chi connectivity index (χ1v) is 8.72. The van der Waals surface area contributed by atoms with E-state index in [1.165, 1.54) is 32.8 Å². The second kappa shape index (κ2) is 7.26. The van der Waals surface area contributed by atoms with Gasteiger partial charge >= 0.3 is 0 Å². The highest BCUT2D eigenvalue weighted by Crippen LogP contribution is 2.34. The van der Waals surface area contributed by atoms with E-state index in [0.717, 1.165) is 12.5 Å². The lowest BCUT2D eigenvalue weighted by Crippen LogP contribution is -3.00. The topological polar surface area (TPSA) is 3.88 Å². The van der Waals surface area contributed by atoms with Crippen LogP contribution in [0.4, 0.5) is 0 Å². The Morgan fingerprint density at radius 1 is 1.27 bits per heavy atom. The molecule has 22 heavy (non-hydrogen) atoms. The minimum Gasteiger partial charge on any atom is -1.00 e. The fraction of sp³-hybridized carbons (Fsp3) is 0.421. The van der Waals surface area contributed by atoms with E-state index in [9.17, 15) is 0 Å². The standard InChI is InChI=1S/C19H24NS.HI/c1-5-20-17-8-6-7-9-18(17)21-19(20)12-16-10-13(2)15(4)14(3)11-16;/h6-10,12,14-15H,5,11H2,1-4H3;1H/q+1;/p-1/b16-12-;. The lowest BCUT2D eigenvalue weighted by atomic mass is 9.79. The van der Waals surface area contributed by atoms with E-state index in [1.54, 1.807) is 0 Å². The molecule has 0 aliphatic heterocycles. The number of benzene rings is 1. The SMILES string of the molecule is CC[n+]1c(/C=C2/C=C(C)C(C)C(C)C2)sc2ccccc21.[I-]. The highest BCUT2D eigenvalue weighted by Gasteiger charge is 2.22. The predicted molar refractivity (Wildman–Crippen MR) is 92.4 cm³/mol. The molecule has 2 atom stereocenters. The summed E-state index contributed by atoms with van der Waals surface area (Å²) in [4.78, 5) is 0. The van der Waals surface area contributed by atoms with Gasteiger partial charge in [-0.3, -0.25) is 0 Å². The minimum atomic E-state index is 0. The molecular formula is C19H24INS. The molecule has 0 spiro atoms. The molecule has 2 unspecified atom stereocenters. The number of hydrogen-bond acceptors (Lipinski definition) is 1. The van der Waals surface area contributed by atoms with Crippen molar-refractivity contribution in [2.75, 3.05) is 0 Å². The van der Waals surface area contributed by atoms with Crippen molar-refractivity contribution in [3.63, 3.8) is 0 Å². The highest BCUT2D eigenvalue weighted by atomic mass is 127. The molecule has 1 heterocycles. The number of halogens is 1. The second-order valence-corrected chi connectivity index (χ2v) is 7.29. The Kier molecular flexibility index (Phi) is 5.83. The molecule has 0 radical (unpaired) electrons. The predicted octanol–water partition coefficient (Wildman–Crippen LogP) is 2.22. The van der Waals surface area contributed by atoms with E-state index in [1.807, 2.05) is 11.3 Å². The molecule has 3 heteroatoms. The summed E-state index contributed by atoms with van der Waals surface area (Å²) in [5, 5.41) is 1.37. The molecular weight excluding hydrogens is 401 g/mol. The van der Waals surface area contributed by atoms with Crippen molar-refractivity contribution in [1.29, 1.82) is 0 Å². The lowest BCUT2D eigenvalue weighted by molar-refractivity contribution is -0.665. The van der Waals surface area contributed by atoms with Crippen molar-refractivity contribution in [2.24, 2.45) is 11.8 Å². The quantitative estimate of drug-likeness (QED) is 0.513. The van der Waals surface area contributed by atoms with Crippen molar-refractivity contribution in [3.05, 3.63) is 46.5 Å². The van der Waals surface area contributed by atoms with Crippen LogP contribution in [-0.2, 0) is 6.54 Å². The number of aromatic nitrogens is 1. The van der Waals surface area contributed by atoms with E-state index in [0.29, 0.717) is 5.92 Å². The zero-order chi connectivity index (χ0) is 15.0. The molecule has 1 nitrogen and oxygen atoms in total. The summed E-state index contributed by atoms with van der Waals surface area (Å²) in [6.07, 6.45) is 5.99. The fourth-order valence-electron chi connectivity index (χ4n) is 3.23. The maximum atomic E-state index is 2.43. The zero-order valence-corrected chi connectivity index (χ0v) is 16.7. The number of allylic oxidation sites excluding steroid dienone is 3. The number of hydrogen-bond donors (Lipinski definition) is 0. The molecule has 1 aromatic carbocycles. The molecule has 1 aliphatic carbocycles. The van der Waals surface area contributed by atoms with Gasteiger partial charge in [-0.15, -0.1) is 0 Å². The van der Waals surface area contributed by atoms with Crippen LogP contribution in [0.15, 0.2) is 41.5 Å². The molecule has 1 aliphatic rings. The van der Waals surface area contributed by atoms with Crippen LogP contribution in [-0.4, -0.2) is 0 Å². The third kappa shape index (κ3) is 3.30. The van der Waals surface area contributed by atoms with Gasteiger partial charge in [-0.05, 0) is 43.7 Å². The third-order valence-electron chi connectivity index (χ3n) is 4.80. The van der Waals surface area contributed by atoms with E-state index < -0.39 is 0 Å². The Morgan fingerprint density at radius 2 is 2.00 bits per heavy atom. The lowest BCUT2D eigenvalue weighted by Gasteiger charge is -2.26. The average Bonchev–Trinajstić information content (AvgIpc) is 2.81. The van der Waals surface area contributed by atoms with Gasteiger partial charge in [-0.1, -0.05) is 49.0 Å². The number of thiazole rings is 1. The highest BCUT2D eigenvalue weighted by molar-refractivity contribution is 7.18. The molecule has 118 valence electrons. The van der Waals surface area contributed by atoms with Crippen molar-refractivity contribution < 1.29 is 28.5 Å². The average molecular weight is 425 g/mol. The largest absolute Gasteiger partial charge is 1.00 e. The minimum absolute atomic E-state index is 0. The maximum absolute atomic E-state index is 2.43. The Bertz CT molecular complexity index is 726. The molecule has 0 N–H and O–H groups in total. The van der Waals surface area contributed by atoms with Gasteiger partial charge in [0.25, 0.3) is 5.01 Å². The van der Waals surface area contributed by atoms with E-state index in [4.69, 9.17) is 0 Å². The first-order valence-electron chi connectivity index (χ1n) is 7.90. The van der Waals surface area contributed by atoms with E-state index in [-0.39, 0.29) is 24.0 Å². The summed E-state index contributed by atoms with van der Waals surface area (Å²) in [6, 6.07) is 8.71. The summed E-state index contributed by atoms with van der Waals surface area (Å²) in [6.45, 7) is 10.2. The van der Waals surface area contributed by atoms with Crippen molar-refractivity contribution in [2.45, 2.75) is 40.7 Å². The van der Waals surface area contributed by atoms with Crippen LogP contribution in [0.2, 0.25) is 0 Å². The van der Waals surface area contributed by atoms with Crippen LogP contribution in [0.3, 0.4) is 0 Å². The van der Waals surface area contributed by atoms with Crippen molar-refractivity contribution in [1.82, 2.24) is 0 Å². The fourth-order valence-corrected chi connectivity index (χ4v) is 4.43. The first-order chi connectivity index (χ1) is 10.1. The summed E-state index contributed by atoms with van der Waals surface area (Å²) >= 11 is 1.90. The summed E-state index contributed by atoms with van der Waals surface area (Å²) < 4.78 is 3.81. The molecule has 0 saturated carbocycles. The number of rotatable bonds is 2. The smallest absolute Gasteiger partial charge is 0.263 e. The van der Waals surface area contributed by atoms with Crippen LogP contribution in [0.5, 0.6) is 0 Å². The molecule has 2 aromatic rings.